The first-order chi connectivity index (χ1) is 18.7. The summed E-state index contributed by atoms with van der Waals surface area (Å²) in [6.45, 7) is 0. The predicted molar refractivity (Wildman–Crippen MR) is 136 cm³/mol. The van der Waals surface area contributed by atoms with Crippen LogP contribution >= 0.6 is 11.3 Å². The number of pyridine rings is 2. The monoisotopic (exact) mass is 552 g/mol. The number of rotatable bonds is 4. The minimum Gasteiger partial charge on any atom is -0.456 e. The Bertz CT molecular complexity index is 1760. The molecule has 1 aliphatic carbocycles. The molecule has 5 aromatic heterocycles. The first-order valence-electron chi connectivity index (χ1n) is 12.0. The number of fused-ring (bicyclic) bond motifs is 2. The number of hydrogen-bond donors (Lipinski definition) is 1. The Kier molecular flexibility index (Phi) is 5.99. The van der Waals surface area contributed by atoms with Crippen LogP contribution in [0.25, 0.3) is 43.5 Å². The van der Waals surface area contributed by atoms with Crippen LogP contribution in [0, 0.1) is 11.3 Å². The number of carbonyl (C=O) groups excluding carboxylic acids is 1. The van der Waals surface area contributed by atoms with Crippen molar-refractivity contribution >= 4 is 44.2 Å². The van der Waals surface area contributed by atoms with Crippen molar-refractivity contribution in [2.75, 3.05) is 5.73 Å². The Morgan fingerprint density at radius 1 is 1.21 bits per heavy atom. The normalized spacial score (nSPS) is 17.9. The van der Waals surface area contributed by atoms with Gasteiger partial charge in [-0.1, -0.05) is 0 Å². The molecule has 13 heteroatoms. The van der Waals surface area contributed by atoms with Crippen LogP contribution in [0.15, 0.2) is 47.5 Å². The molecule has 0 amide bonds. The molecule has 0 radical (unpaired) electrons. The van der Waals surface area contributed by atoms with Gasteiger partial charge in [-0.25, -0.2) is 9.78 Å². The first-order valence-corrected chi connectivity index (χ1v) is 12.8. The molecule has 2 N–H and O–H groups in total. The Labute approximate surface area is 222 Å². The lowest BCUT2D eigenvalue weighted by Crippen LogP contribution is -2.32. The van der Waals surface area contributed by atoms with E-state index < -0.39 is 18.2 Å². The highest BCUT2D eigenvalue weighted by atomic mass is 32.1. The number of nitrogens with zero attached hydrogens (tertiary/aromatic N) is 5. The first kappa shape index (κ1) is 24.9. The fourth-order valence-electron chi connectivity index (χ4n) is 4.99. The SMILES string of the molecule is N#Cc1sc2cnccc2c1-c1cc2c(-c3cnn(C4CCC(OC(=O)C(F)(F)F)CC4)c3)cnc(N)c2o1. The summed E-state index contributed by atoms with van der Waals surface area (Å²) in [4.78, 5) is 20.1. The summed E-state index contributed by atoms with van der Waals surface area (Å²) < 4.78 is 50.9. The van der Waals surface area contributed by atoms with E-state index in [2.05, 4.69) is 25.9 Å². The van der Waals surface area contributed by atoms with Gasteiger partial charge in [-0.05, 0) is 37.8 Å². The van der Waals surface area contributed by atoms with Gasteiger partial charge >= 0.3 is 12.1 Å². The summed E-state index contributed by atoms with van der Waals surface area (Å²) in [7, 11) is 0. The number of thiophene rings is 1. The van der Waals surface area contributed by atoms with E-state index in [0.29, 0.717) is 52.9 Å². The van der Waals surface area contributed by atoms with Crippen molar-refractivity contribution < 1.29 is 27.1 Å². The number of nitrogen functional groups attached to an aromatic ring is 1. The van der Waals surface area contributed by atoms with Crippen molar-refractivity contribution in [1.82, 2.24) is 19.7 Å². The fraction of sp³-hybridized carbons (Fsp3) is 0.269. The zero-order valence-electron chi connectivity index (χ0n) is 20.1. The molecule has 1 aliphatic rings. The van der Waals surface area contributed by atoms with Gasteiger partial charge in [0.15, 0.2) is 11.4 Å². The number of nitriles is 1. The van der Waals surface area contributed by atoms with Crippen molar-refractivity contribution in [3.8, 4) is 28.5 Å². The Hall–Kier alpha value is -4.44. The number of carbonyl (C=O) groups is 1. The van der Waals surface area contributed by atoms with Gasteiger partial charge in [0.1, 0.15) is 22.8 Å². The molecule has 0 spiro atoms. The third kappa shape index (κ3) is 4.46. The number of esters is 1. The second-order valence-corrected chi connectivity index (χ2v) is 10.3. The second-order valence-electron chi connectivity index (χ2n) is 9.24. The number of nitrogens with two attached hydrogens (primary N) is 1. The Morgan fingerprint density at radius 3 is 2.74 bits per heavy atom. The number of ether oxygens (including phenoxy) is 1. The highest BCUT2D eigenvalue weighted by Gasteiger charge is 2.42. The average Bonchev–Trinajstić information content (AvgIpc) is 3.66. The molecule has 1 fully saturated rings. The van der Waals surface area contributed by atoms with Crippen LogP contribution in [0.4, 0.5) is 19.0 Å². The summed E-state index contributed by atoms with van der Waals surface area (Å²) in [5.74, 6) is -1.46. The van der Waals surface area contributed by atoms with E-state index in [1.54, 1.807) is 29.5 Å². The number of hydrogen-bond acceptors (Lipinski definition) is 9. The molecular formula is C26H19F3N6O3S. The van der Waals surface area contributed by atoms with E-state index in [9.17, 15) is 23.2 Å². The van der Waals surface area contributed by atoms with Crippen LogP contribution in [-0.4, -0.2) is 38.0 Å². The van der Waals surface area contributed by atoms with Crippen LogP contribution in [0.3, 0.4) is 0 Å². The third-order valence-corrected chi connectivity index (χ3v) is 7.91. The van der Waals surface area contributed by atoms with E-state index in [0.717, 1.165) is 21.2 Å². The minimum absolute atomic E-state index is 0.0549. The van der Waals surface area contributed by atoms with Crippen molar-refractivity contribution in [3.63, 3.8) is 0 Å². The van der Waals surface area contributed by atoms with Gasteiger partial charge in [-0.3, -0.25) is 9.67 Å². The highest BCUT2D eigenvalue weighted by molar-refractivity contribution is 7.20. The number of anilines is 1. The number of aromatic nitrogens is 4. The summed E-state index contributed by atoms with van der Waals surface area (Å²) in [6.07, 6.45) is 4.41. The van der Waals surface area contributed by atoms with E-state index in [1.807, 2.05) is 18.3 Å². The number of alkyl halides is 3. The maximum absolute atomic E-state index is 12.5. The quantitative estimate of drug-likeness (QED) is 0.268. The van der Waals surface area contributed by atoms with Crippen LogP contribution in [0.5, 0.6) is 0 Å². The van der Waals surface area contributed by atoms with Crippen LogP contribution in [0.2, 0.25) is 0 Å². The number of halogens is 3. The summed E-state index contributed by atoms with van der Waals surface area (Å²) in [6, 6.07) is 5.85. The smallest absolute Gasteiger partial charge is 0.456 e. The topological polar surface area (TPSA) is 133 Å². The molecule has 0 saturated heterocycles. The zero-order chi connectivity index (χ0) is 27.3. The maximum atomic E-state index is 12.5. The van der Waals surface area contributed by atoms with Gasteiger partial charge in [-0.2, -0.15) is 23.5 Å². The lowest BCUT2D eigenvalue weighted by molar-refractivity contribution is -0.206. The van der Waals surface area contributed by atoms with Gasteiger partial charge in [0.05, 0.1) is 22.5 Å². The highest BCUT2D eigenvalue weighted by Crippen LogP contribution is 2.43. The molecule has 9 nitrogen and oxygen atoms in total. The summed E-state index contributed by atoms with van der Waals surface area (Å²) in [5, 5.41) is 15.8. The minimum atomic E-state index is -5.00. The van der Waals surface area contributed by atoms with Crippen LogP contribution < -0.4 is 5.73 Å². The molecule has 5 heterocycles. The fourth-order valence-corrected chi connectivity index (χ4v) is 5.97. The molecular weight excluding hydrogens is 533 g/mol. The Balaban J connectivity index is 1.29. The zero-order valence-corrected chi connectivity index (χ0v) is 20.9. The largest absolute Gasteiger partial charge is 0.490 e. The third-order valence-electron chi connectivity index (χ3n) is 6.86. The molecule has 39 heavy (non-hydrogen) atoms. The van der Waals surface area contributed by atoms with Crippen molar-refractivity contribution in [2.24, 2.45) is 0 Å². The van der Waals surface area contributed by atoms with Crippen molar-refractivity contribution in [1.29, 1.82) is 5.26 Å². The molecule has 198 valence electrons. The second kappa shape index (κ2) is 9.39. The Morgan fingerprint density at radius 2 is 2.00 bits per heavy atom. The molecule has 0 unspecified atom stereocenters. The van der Waals surface area contributed by atoms with Gasteiger partial charge < -0.3 is 14.9 Å². The van der Waals surface area contributed by atoms with Crippen molar-refractivity contribution in [2.45, 2.75) is 44.0 Å². The molecule has 0 aromatic carbocycles. The van der Waals surface area contributed by atoms with E-state index >= 15 is 0 Å². The lowest BCUT2D eigenvalue weighted by atomic mass is 9.93. The summed E-state index contributed by atoms with van der Waals surface area (Å²) in [5.41, 5.74) is 8.68. The molecule has 1 saturated carbocycles. The average molecular weight is 553 g/mol. The van der Waals surface area contributed by atoms with Gasteiger partial charge in [-0.15, -0.1) is 11.3 Å². The molecule has 0 atom stereocenters. The van der Waals surface area contributed by atoms with E-state index in [4.69, 9.17) is 10.2 Å². The standard InChI is InChI=1S/C26H19F3N6O3S/c27-26(28,29)25(36)37-15-3-1-14(2-4-15)35-12-13(9-34-35)18-10-33-24(31)23-17(18)7-19(38-23)22-16-5-6-32-11-21(16)39-20(22)8-30/h5-7,9-12,14-15H,1-4H2,(H2,31,33). The van der Waals surface area contributed by atoms with Crippen LogP contribution in [-0.2, 0) is 9.53 Å². The lowest BCUT2D eigenvalue weighted by Gasteiger charge is -2.28. The summed E-state index contributed by atoms with van der Waals surface area (Å²) >= 11 is 1.33. The predicted octanol–water partition coefficient (Wildman–Crippen LogP) is 6.01. The number of furan rings is 1. The molecule has 0 bridgehead atoms. The van der Waals surface area contributed by atoms with Gasteiger partial charge in [0, 0.05) is 46.7 Å². The van der Waals surface area contributed by atoms with Gasteiger partial charge in [0.2, 0.25) is 0 Å². The van der Waals surface area contributed by atoms with Crippen LogP contribution in [0.1, 0.15) is 36.6 Å². The van der Waals surface area contributed by atoms with E-state index in [-0.39, 0.29) is 11.9 Å². The molecule has 5 aromatic rings. The maximum Gasteiger partial charge on any atom is 0.490 e. The van der Waals surface area contributed by atoms with E-state index in [1.165, 1.54) is 11.3 Å². The molecule has 6 rings (SSSR count). The van der Waals surface area contributed by atoms with Gasteiger partial charge in [0.25, 0.3) is 0 Å². The molecule has 0 aliphatic heterocycles. The van der Waals surface area contributed by atoms with Crippen molar-refractivity contribution in [3.05, 3.63) is 48.0 Å².